The van der Waals surface area contributed by atoms with Crippen molar-refractivity contribution in [2.45, 2.75) is 12.4 Å². The molecule has 27 heavy (non-hydrogen) atoms. The first-order valence-corrected chi connectivity index (χ1v) is 7.64. The predicted octanol–water partition coefficient (Wildman–Crippen LogP) is 1.81. The van der Waals surface area contributed by atoms with Gasteiger partial charge in [0.25, 0.3) is 11.8 Å². The van der Waals surface area contributed by atoms with Crippen LogP contribution >= 0.6 is 0 Å². The summed E-state index contributed by atoms with van der Waals surface area (Å²) in [6.45, 7) is -0.206. The number of alkyl halides is 3. The van der Waals surface area contributed by atoms with Crippen LogP contribution in [0.15, 0.2) is 48.5 Å². The smallest absolute Gasteiger partial charge is 0.406 e. The lowest BCUT2D eigenvalue weighted by molar-refractivity contribution is -0.274. The molecule has 0 saturated carbocycles. The van der Waals surface area contributed by atoms with Crippen molar-refractivity contribution in [2.24, 2.45) is 5.73 Å². The van der Waals surface area contributed by atoms with Crippen LogP contribution in [0.25, 0.3) is 11.1 Å². The van der Waals surface area contributed by atoms with Crippen molar-refractivity contribution in [3.8, 4) is 16.9 Å². The van der Waals surface area contributed by atoms with Gasteiger partial charge in [-0.1, -0.05) is 24.3 Å². The number of nitrogens with one attached hydrogen (secondary N) is 2. The summed E-state index contributed by atoms with van der Waals surface area (Å²) in [5.74, 6) is -1.75. The van der Waals surface area contributed by atoms with Gasteiger partial charge in [0.15, 0.2) is 0 Å². The second kappa shape index (κ2) is 8.52. The van der Waals surface area contributed by atoms with Crippen LogP contribution < -0.4 is 21.3 Å². The van der Waals surface area contributed by atoms with Gasteiger partial charge < -0.3 is 15.8 Å². The molecule has 0 aliphatic carbocycles. The molecule has 2 aromatic carbocycles. The topological polar surface area (TPSA) is 114 Å². The lowest BCUT2D eigenvalue weighted by atomic mass is 10.0. The monoisotopic (exact) mass is 383 g/mol. The summed E-state index contributed by atoms with van der Waals surface area (Å²) in [6, 6.07) is 10.3. The van der Waals surface area contributed by atoms with E-state index in [0.29, 0.717) is 11.1 Å². The molecule has 1 atom stereocenters. The lowest BCUT2D eigenvalue weighted by Gasteiger charge is -2.14. The molecule has 2 aromatic rings. The van der Waals surface area contributed by atoms with Crippen LogP contribution in [0.2, 0.25) is 0 Å². The Morgan fingerprint density at radius 1 is 1.04 bits per heavy atom. The second-order valence-electron chi connectivity index (χ2n) is 5.39. The van der Waals surface area contributed by atoms with Crippen LogP contribution in [0.4, 0.5) is 13.2 Å². The number of benzene rings is 2. The van der Waals surface area contributed by atoms with Gasteiger partial charge in [0.2, 0.25) is 0 Å². The van der Waals surface area contributed by atoms with Gasteiger partial charge in [-0.05, 0) is 35.4 Å². The Morgan fingerprint density at radius 2 is 1.56 bits per heavy atom. The molecule has 0 unspecified atom stereocenters. The molecule has 0 heterocycles. The van der Waals surface area contributed by atoms with Gasteiger partial charge in [0.1, 0.15) is 11.8 Å². The van der Waals surface area contributed by atoms with Crippen molar-refractivity contribution in [1.82, 2.24) is 10.8 Å². The maximum atomic E-state index is 12.2. The molecule has 0 aromatic heterocycles. The van der Waals surface area contributed by atoms with Crippen molar-refractivity contribution in [3.63, 3.8) is 0 Å². The third kappa shape index (κ3) is 5.69. The average Bonchev–Trinajstić information content (AvgIpc) is 2.64. The zero-order valence-electron chi connectivity index (χ0n) is 13.8. The number of hydrogen-bond donors (Lipinski definition) is 4. The zero-order chi connectivity index (χ0) is 20.0. The third-order valence-corrected chi connectivity index (χ3v) is 3.54. The van der Waals surface area contributed by atoms with E-state index in [1.165, 1.54) is 41.9 Å². The van der Waals surface area contributed by atoms with Gasteiger partial charge >= 0.3 is 6.36 Å². The Bertz CT molecular complexity index is 793. The average molecular weight is 383 g/mol. The van der Waals surface area contributed by atoms with Gasteiger partial charge in [-0.3, -0.25) is 14.8 Å². The molecule has 7 nitrogen and oxygen atoms in total. The molecule has 0 saturated heterocycles. The summed E-state index contributed by atoms with van der Waals surface area (Å²) in [5.41, 5.74) is 8.28. The van der Waals surface area contributed by atoms with Gasteiger partial charge in [-0.25, -0.2) is 5.48 Å². The van der Waals surface area contributed by atoms with Crippen LogP contribution in [0.1, 0.15) is 10.4 Å². The number of hydroxylamine groups is 1. The highest BCUT2D eigenvalue weighted by Gasteiger charge is 2.31. The van der Waals surface area contributed by atoms with Crippen molar-refractivity contribution in [3.05, 3.63) is 54.1 Å². The Hall–Kier alpha value is -3.11. The standard InChI is InChI=1S/C17H16F3N3O4/c18-17(19,20)27-13-7-5-11(6-8-13)10-1-3-12(4-2-10)15(24)22-14(9-21)16(25)23-26/h1-8,14,26H,9,21H2,(H,22,24)(H,23,25)/t14-/m0/s1. The highest BCUT2D eigenvalue weighted by Crippen LogP contribution is 2.26. The third-order valence-electron chi connectivity index (χ3n) is 3.54. The fraction of sp³-hybridized carbons (Fsp3) is 0.176. The minimum Gasteiger partial charge on any atom is -0.406 e. The Balaban J connectivity index is 2.08. The predicted molar refractivity (Wildman–Crippen MR) is 88.8 cm³/mol. The number of nitrogens with two attached hydrogens (primary N) is 1. The molecule has 0 radical (unpaired) electrons. The van der Waals surface area contributed by atoms with E-state index in [-0.39, 0.29) is 17.9 Å². The van der Waals surface area contributed by atoms with Gasteiger partial charge in [0.05, 0.1) is 0 Å². The molecule has 5 N–H and O–H groups in total. The molecule has 0 aliphatic heterocycles. The number of amides is 2. The number of hydrogen-bond acceptors (Lipinski definition) is 5. The quantitative estimate of drug-likeness (QED) is 0.449. The van der Waals surface area contributed by atoms with Crippen LogP contribution in [0, 0.1) is 0 Å². The number of carbonyl (C=O) groups excluding carboxylic acids is 2. The number of rotatable bonds is 6. The largest absolute Gasteiger partial charge is 0.573 e. The molecular formula is C17H16F3N3O4. The molecule has 2 amide bonds. The van der Waals surface area contributed by atoms with E-state index in [0.717, 1.165) is 0 Å². The minimum absolute atomic E-state index is 0.206. The maximum Gasteiger partial charge on any atom is 0.573 e. The molecule has 0 spiro atoms. The van der Waals surface area contributed by atoms with Crippen molar-refractivity contribution in [1.29, 1.82) is 0 Å². The first kappa shape index (κ1) is 20.2. The Kier molecular flexibility index (Phi) is 6.37. The first-order valence-electron chi connectivity index (χ1n) is 7.64. The van der Waals surface area contributed by atoms with Gasteiger partial charge in [-0.2, -0.15) is 0 Å². The molecule has 0 aliphatic rings. The highest BCUT2D eigenvalue weighted by molar-refractivity contribution is 5.97. The molecule has 10 heteroatoms. The maximum absolute atomic E-state index is 12.2. The van der Waals surface area contributed by atoms with Crippen LogP contribution in [0.3, 0.4) is 0 Å². The fourth-order valence-corrected chi connectivity index (χ4v) is 2.21. The second-order valence-corrected chi connectivity index (χ2v) is 5.39. The summed E-state index contributed by atoms with van der Waals surface area (Å²) in [4.78, 5) is 23.4. The molecule has 0 fully saturated rings. The SMILES string of the molecule is NC[C@H](NC(=O)c1ccc(-c2ccc(OC(F)(F)F)cc2)cc1)C(=O)NO. The molecule has 2 rings (SSSR count). The normalized spacial score (nSPS) is 12.2. The van der Waals surface area contributed by atoms with Crippen molar-refractivity contribution >= 4 is 11.8 Å². The van der Waals surface area contributed by atoms with E-state index in [2.05, 4.69) is 10.1 Å². The van der Waals surface area contributed by atoms with E-state index in [1.807, 2.05) is 0 Å². The summed E-state index contributed by atoms with van der Waals surface area (Å²) < 4.78 is 40.3. The number of carbonyl (C=O) groups is 2. The van der Waals surface area contributed by atoms with Gasteiger partial charge in [-0.15, -0.1) is 13.2 Å². The number of ether oxygens (including phenoxy) is 1. The van der Waals surface area contributed by atoms with Gasteiger partial charge in [0, 0.05) is 12.1 Å². The molecule has 0 bridgehead atoms. The lowest BCUT2D eigenvalue weighted by Crippen LogP contribution is -2.50. The summed E-state index contributed by atoms with van der Waals surface area (Å²) >= 11 is 0. The summed E-state index contributed by atoms with van der Waals surface area (Å²) in [5, 5.41) is 10.9. The first-order chi connectivity index (χ1) is 12.7. The van der Waals surface area contributed by atoms with Crippen molar-refractivity contribution < 1.29 is 32.7 Å². The number of halogens is 3. The van der Waals surface area contributed by atoms with Crippen LogP contribution in [0.5, 0.6) is 5.75 Å². The Labute approximate surface area is 151 Å². The van der Waals surface area contributed by atoms with Crippen molar-refractivity contribution in [2.75, 3.05) is 6.54 Å². The summed E-state index contributed by atoms with van der Waals surface area (Å²) in [6.07, 6.45) is -4.76. The minimum atomic E-state index is -4.76. The fourth-order valence-electron chi connectivity index (χ4n) is 2.21. The zero-order valence-corrected chi connectivity index (χ0v) is 13.8. The van der Waals surface area contributed by atoms with E-state index in [9.17, 15) is 22.8 Å². The van der Waals surface area contributed by atoms with Crippen LogP contribution in [-0.2, 0) is 4.79 Å². The van der Waals surface area contributed by atoms with E-state index >= 15 is 0 Å². The highest BCUT2D eigenvalue weighted by atomic mass is 19.4. The van der Waals surface area contributed by atoms with E-state index in [4.69, 9.17) is 10.9 Å². The molecular weight excluding hydrogens is 367 g/mol. The Morgan fingerprint density at radius 3 is 2.00 bits per heavy atom. The molecule has 144 valence electrons. The van der Waals surface area contributed by atoms with E-state index < -0.39 is 24.2 Å². The van der Waals surface area contributed by atoms with E-state index in [1.54, 1.807) is 12.1 Å². The van der Waals surface area contributed by atoms with Crippen LogP contribution in [-0.4, -0.2) is 36.0 Å². The summed E-state index contributed by atoms with van der Waals surface area (Å²) in [7, 11) is 0.